The highest BCUT2D eigenvalue weighted by Crippen LogP contribution is 2.28. The van der Waals surface area contributed by atoms with Crippen LogP contribution in [0.4, 0.5) is 0 Å². The lowest BCUT2D eigenvalue weighted by Gasteiger charge is -2.11. The lowest BCUT2D eigenvalue weighted by atomic mass is 10.1. The molecule has 0 radical (unpaired) electrons. The fourth-order valence-electron chi connectivity index (χ4n) is 2.72. The number of rotatable bonds is 11. The lowest BCUT2D eigenvalue weighted by Crippen LogP contribution is -2.23. The minimum absolute atomic E-state index is 0.184. The van der Waals surface area contributed by atoms with Crippen LogP contribution in [-0.2, 0) is 11.2 Å². The van der Waals surface area contributed by atoms with Gasteiger partial charge >= 0.3 is 0 Å². The summed E-state index contributed by atoms with van der Waals surface area (Å²) in [5.74, 6) is 1.43. The Morgan fingerprint density at radius 3 is 2.71 bits per heavy atom. The van der Waals surface area contributed by atoms with Gasteiger partial charge in [0.2, 0.25) is 5.91 Å². The Balaban J connectivity index is 1.87. The van der Waals surface area contributed by atoms with Crippen molar-refractivity contribution in [3.63, 3.8) is 0 Å². The van der Waals surface area contributed by atoms with Gasteiger partial charge in [-0.15, -0.1) is 0 Å². The molecular formula is C23H29NO4. The van der Waals surface area contributed by atoms with E-state index in [-0.39, 0.29) is 11.7 Å². The number of benzene rings is 2. The highest BCUT2D eigenvalue weighted by molar-refractivity contribution is 5.91. The first-order valence-corrected chi connectivity index (χ1v) is 9.67. The third-order valence-corrected chi connectivity index (χ3v) is 4.31. The number of carbonyl (C=O) groups excluding carboxylic acids is 1. The first-order valence-electron chi connectivity index (χ1n) is 9.67. The van der Waals surface area contributed by atoms with Gasteiger partial charge in [-0.05, 0) is 48.2 Å². The summed E-state index contributed by atoms with van der Waals surface area (Å²) >= 11 is 0. The maximum atomic E-state index is 12.0. The second-order valence-electron chi connectivity index (χ2n) is 6.47. The Hall–Kier alpha value is -2.95. The number of nitrogens with one attached hydrogen (secondary N) is 1. The molecule has 150 valence electrons. The summed E-state index contributed by atoms with van der Waals surface area (Å²) in [5, 5.41) is 12.6. The highest BCUT2D eigenvalue weighted by Gasteiger charge is 2.05. The van der Waals surface area contributed by atoms with Gasteiger partial charge < -0.3 is 19.9 Å². The summed E-state index contributed by atoms with van der Waals surface area (Å²) in [6.45, 7) is 3.25. The lowest BCUT2D eigenvalue weighted by molar-refractivity contribution is -0.116. The largest absolute Gasteiger partial charge is 0.508 e. The third-order valence-electron chi connectivity index (χ3n) is 4.31. The molecule has 0 aliphatic carbocycles. The number of para-hydroxylation sites is 1. The van der Waals surface area contributed by atoms with Crippen molar-refractivity contribution in [2.75, 3.05) is 20.3 Å². The monoisotopic (exact) mass is 383 g/mol. The van der Waals surface area contributed by atoms with Crippen molar-refractivity contribution < 1.29 is 19.4 Å². The van der Waals surface area contributed by atoms with Crippen LogP contribution in [0.3, 0.4) is 0 Å². The normalized spacial score (nSPS) is 10.8. The van der Waals surface area contributed by atoms with Gasteiger partial charge in [0.1, 0.15) is 5.75 Å². The molecule has 0 aliphatic rings. The maximum Gasteiger partial charge on any atom is 0.244 e. The van der Waals surface area contributed by atoms with E-state index in [0.717, 1.165) is 30.4 Å². The van der Waals surface area contributed by atoms with Crippen LogP contribution < -0.4 is 14.8 Å². The van der Waals surface area contributed by atoms with E-state index in [9.17, 15) is 9.90 Å². The van der Waals surface area contributed by atoms with Gasteiger partial charge in [0, 0.05) is 12.6 Å². The van der Waals surface area contributed by atoms with Crippen LogP contribution in [0.1, 0.15) is 37.3 Å². The Morgan fingerprint density at radius 2 is 1.96 bits per heavy atom. The third kappa shape index (κ3) is 6.99. The van der Waals surface area contributed by atoms with Gasteiger partial charge in [0.15, 0.2) is 11.5 Å². The Bertz CT molecular complexity index is 786. The molecular weight excluding hydrogens is 354 g/mol. The van der Waals surface area contributed by atoms with Crippen LogP contribution in [0.5, 0.6) is 17.2 Å². The molecule has 0 aromatic heterocycles. The van der Waals surface area contributed by atoms with Gasteiger partial charge in [0.05, 0.1) is 13.7 Å². The van der Waals surface area contributed by atoms with Gasteiger partial charge in [-0.1, -0.05) is 44.0 Å². The number of phenols is 1. The standard InChI is InChI=1S/C23H29NO4/c1-3-4-7-16-28-22-17-18(10-12-21(22)27-2)11-13-23(26)24-15-14-19-8-5-6-9-20(19)25/h5-6,8-13,17,25H,3-4,7,14-16H2,1-2H3,(H,24,26). The van der Waals surface area contributed by atoms with Crippen LogP contribution in [0.15, 0.2) is 48.5 Å². The van der Waals surface area contributed by atoms with Crippen molar-refractivity contribution in [1.82, 2.24) is 5.32 Å². The van der Waals surface area contributed by atoms with Crippen molar-refractivity contribution in [2.24, 2.45) is 0 Å². The molecule has 2 rings (SSSR count). The summed E-state index contributed by atoms with van der Waals surface area (Å²) in [6, 6.07) is 12.7. The van der Waals surface area contributed by atoms with Crippen molar-refractivity contribution in [3.8, 4) is 17.2 Å². The number of ether oxygens (including phenoxy) is 2. The van der Waals surface area contributed by atoms with E-state index in [1.165, 1.54) is 6.08 Å². The second-order valence-corrected chi connectivity index (χ2v) is 6.47. The van der Waals surface area contributed by atoms with Crippen molar-refractivity contribution in [1.29, 1.82) is 0 Å². The summed E-state index contributed by atoms with van der Waals surface area (Å²) in [4.78, 5) is 12.0. The van der Waals surface area contributed by atoms with Gasteiger partial charge in [-0.25, -0.2) is 0 Å². The average molecular weight is 383 g/mol. The molecule has 0 bridgehead atoms. The molecule has 2 aromatic rings. The molecule has 5 heteroatoms. The van der Waals surface area contributed by atoms with Gasteiger partial charge in [-0.2, -0.15) is 0 Å². The van der Waals surface area contributed by atoms with Crippen LogP contribution in [0, 0.1) is 0 Å². The summed E-state index contributed by atoms with van der Waals surface area (Å²) in [6.07, 6.45) is 7.08. The molecule has 0 fully saturated rings. The molecule has 2 aromatic carbocycles. The van der Waals surface area contributed by atoms with Crippen molar-refractivity contribution in [3.05, 3.63) is 59.7 Å². The number of phenolic OH excluding ortho intramolecular Hbond substituents is 1. The van der Waals surface area contributed by atoms with Gasteiger partial charge in [0.25, 0.3) is 0 Å². The molecule has 1 amide bonds. The van der Waals surface area contributed by atoms with Gasteiger partial charge in [-0.3, -0.25) is 4.79 Å². The van der Waals surface area contributed by atoms with E-state index in [1.54, 1.807) is 25.3 Å². The first-order chi connectivity index (χ1) is 13.6. The Kier molecular flexibility index (Phi) is 8.92. The number of carbonyl (C=O) groups is 1. The SMILES string of the molecule is CCCCCOc1cc(C=CC(=O)NCCc2ccccc2O)ccc1OC. The van der Waals surface area contributed by atoms with E-state index < -0.39 is 0 Å². The minimum atomic E-state index is -0.184. The van der Waals surface area contributed by atoms with Crippen LogP contribution >= 0.6 is 0 Å². The Labute approximate surface area is 167 Å². The van der Waals surface area contributed by atoms with E-state index >= 15 is 0 Å². The minimum Gasteiger partial charge on any atom is -0.508 e. The van der Waals surface area contributed by atoms with E-state index in [2.05, 4.69) is 12.2 Å². The average Bonchev–Trinajstić information content (AvgIpc) is 2.71. The van der Waals surface area contributed by atoms with Crippen LogP contribution in [0.2, 0.25) is 0 Å². The molecule has 0 unspecified atom stereocenters. The number of methoxy groups -OCH3 is 1. The fraction of sp³-hybridized carbons (Fsp3) is 0.348. The molecule has 0 aliphatic heterocycles. The van der Waals surface area contributed by atoms with E-state index in [0.29, 0.717) is 31.1 Å². The zero-order valence-corrected chi connectivity index (χ0v) is 16.6. The predicted molar refractivity (Wildman–Crippen MR) is 112 cm³/mol. The topological polar surface area (TPSA) is 67.8 Å². The zero-order valence-electron chi connectivity index (χ0n) is 16.6. The molecule has 0 atom stereocenters. The fourth-order valence-corrected chi connectivity index (χ4v) is 2.72. The molecule has 0 saturated heterocycles. The van der Waals surface area contributed by atoms with Crippen LogP contribution in [-0.4, -0.2) is 31.3 Å². The Morgan fingerprint density at radius 1 is 1.14 bits per heavy atom. The summed E-state index contributed by atoms with van der Waals surface area (Å²) in [5.41, 5.74) is 1.67. The van der Waals surface area contributed by atoms with E-state index in [1.807, 2.05) is 30.3 Å². The first kappa shape index (κ1) is 21.4. The molecule has 0 saturated carbocycles. The number of aromatic hydroxyl groups is 1. The quantitative estimate of drug-likeness (QED) is 0.447. The van der Waals surface area contributed by atoms with Crippen molar-refractivity contribution >= 4 is 12.0 Å². The zero-order chi connectivity index (χ0) is 20.2. The summed E-state index contributed by atoms with van der Waals surface area (Å²) < 4.78 is 11.2. The summed E-state index contributed by atoms with van der Waals surface area (Å²) in [7, 11) is 1.61. The number of unbranched alkanes of at least 4 members (excludes halogenated alkanes) is 2. The molecule has 0 spiro atoms. The number of amides is 1. The maximum absolute atomic E-state index is 12.0. The van der Waals surface area contributed by atoms with E-state index in [4.69, 9.17) is 9.47 Å². The number of hydrogen-bond acceptors (Lipinski definition) is 4. The highest BCUT2D eigenvalue weighted by atomic mass is 16.5. The number of hydrogen-bond donors (Lipinski definition) is 2. The van der Waals surface area contributed by atoms with Crippen molar-refractivity contribution in [2.45, 2.75) is 32.6 Å². The molecule has 28 heavy (non-hydrogen) atoms. The molecule has 0 heterocycles. The van der Waals surface area contributed by atoms with Crippen LogP contribution in [0.25, 0.3) is 6.08 Å². The smallest absolute Gasteiger partial charge is 0.244 e. The second kappa shape index (κ2) is 11.7. The molecule has 2 N–H and O–H groups in total. The molecule has 5 nitrogen and oxygen atoms in total. The predicted octanol–water partition coefficient (Wildman–Crippen LogP) is 4.34.